The van der Waals surface area contributed by atoms with Crippen molar-refractivity contribution in [3.63, 3.8) is 0 Å². The average molecular weight is 281 g/mol. The third kappa shape index (κ3) is 3.99. The first-order valence-corrected chi connectivity index (χ1v) is 7.88. The van der Waals surface area contributed by atoms with Gasteiger partial charge in [0.05, 0.1) is 0 Å². The van der Waals surface area contributed by atoms with Crippen LogP contribution in [0, 0.1) is 0 Å². The van der Waals surface area contributed by atoms with Gasteiger partial charge < -0.3 is 5.32 Å². The van der Waals surface area contributed by atoms with Crippen molar-refractivity contribution in [2.24, 2.45) is 0 Å². The Bertz CT molecular complexity index is 564. The topological polar surface area (TPSA) is 75.1 Å². The molecule has 0 spiro atoms. The highest BCUT2D eigenvalue weighted by Gasteiger charge is 2.01. The van der Waals surface area contributed by atoms with E-state index in [-0.39, 0.29) is 5.69 Å². The molecule has 0 aliphatic rings. The Morgan fingerprint density at radius 3 is 3.00 bits per heavy atom. The third-order valence-electron chi connectivity index (χ3n) is 2.85. The third-order valence-corrected chi connectivity index (χ3v) is 3.55. The SMILES string of the molecule is CSCCCCCCNc1ccc2n[nH]c(=O)n2n1. The molecular formula is C12H19N5OS. The number of hydrogen-bond donors (Lipinski definition) is 2. The minimum atomic E-state index is -0.310. The van der Waals surface area contributed by atoms with Crippen LogP contribution >= 0.6 is 11.8 Å². The number of aromatic amines is 1. The quantitative estimate of drug-likeness (QED) is 0.721. The lowest BCUT2D eigenvalue weighted by atomic mass is 10.2. The van der Waals surface area contributed by atoms with Crippen LogP contribution in [0.2, 0.25) is 0 Å². The Labute approximate surface area is 116 Å². The maximum Gasteiger partial charge on any atom is 0.364 e. The number of fused-ring (bicyclic) bond motifs is 1. The van der Waals surface area contributed by atoms with Gasteiger partial charge in [0.25, 0.3) is 0 Å². The van der Waals surface area contributed by atoms with Crippen LogP contribution in [0.15, 0.2) is 16.9 Å². The lowest BCUT2D eigenvalue weighted by molar-refractivity contribution is 0.687. The van der Waals surface area contributed by atoms with Crippen LogP contribution in [0.25, 0.3) is 5.65 Å². The maximum absolute atomic E-state index is 11.4. The van der Waals surface area contributed by atoms with Crippen molar-refractivity contribution in [3.8, 4) is 0 Å². The molecule has 2 aromatic rings. The maximum atomic E-state index is 11.4. The van der Waals surface area contributed by atoms with Crippen molar-refractivity contribution < 1.29 is 0 Å². The van der Waals surface area contributed by atoms with E-state index in [2.05, 4.69) is 26.9 Å². The van der Waals surface area contributed by atoms with E-state index >= 15 is 0 Å². The number of thioether (sulfide) groups is 1. The molecule has 2 rings (SSSR count). The summed E-state index contributed by atoms with van der Waals surface area (Å²) in [5, 5.41) is 13.6. The molecule has 2 heterocycles. The summed E-state index contributed by atoms with van der Waals surface area (Å²) in [5.41, 5.74) is 0.225. The Kier molecular flexibility index (Phi) is 5.26. The second kappa shape index (κ2) is 7.18. The molecule has 0 saturated heterocycles. The second-order valence-corrected chi connectivity index (χ2v) is 5.34. The fourth-order valence-corrected chi connectivity index (χ4v) is 2.33. The van der Waals surface area contributed by atoms with Gasteiger partial charge in [-0.2, -0.15) is 21.4 Å². The van der Waals surface area contributed by atoms with Crippen molar-refractivity contribution >= 4 is 23.2 Å². The van der Waals surface area contributed by atoms with E-state index in [1.54, 1.807) is 6.07 Å². The summed E-state index contributed by atoms with van der Waals surface area (Å²) < 4.78 is 1.26. The van der Waals surface area contributed by atoms with Crippen LogP contribution in [-0.2, 0) is 0 Å². The van der Waals surface area contributed by atoms with E-state index in [9.17, 15) is 4.79 Å². The number of nitrogens with one attached hydrogen (secondary N) is 2. The molecule has 0 saturated carbocycles. The Hall–Kier alpha value is -1.50. The van der Waals surface area contributed by atoms with Crippen molar-refractivity contribution in [1.29, 1.82) is 0 Å². The molecule has 0 unspecified atom stereocenters. The number of rotatable bonds is 8. The summed E-state index contributed by atoms with van der Waals surface area (Å²) in [4.78, 5) is 11.4. The Morgan fingerprint density at radius 2 is 2.16 bits per heavy atom. The summed E-state index contributed by atoms with van der Waals surface area (Å²) >= 11 is 1.90. The van der Waals surface area contributed by atoms with Gasteiger partial charge in [0.2, 0.25) is 0 Å². The van der Waals surface area contributed by atoms with Crippen molar-refractivity contribution in [1.82, 2.24) is 19.8 Å². The lowest BCUT2D eigenvalue weighted by Crippen LogP contribution is -2.14. The highest BCUT2D eigenvalue weighted by molar-refractivity contribution is 7.98. The predicted octanol–water partition coefficient (Wildman–Crippen LogP) is 1.75. The summed E-state index contributed by atoms with van der Waals surface area (Å²) in [6, 6.07) is 3.61. The van der Waals surface area contributed by atoms with Crippen LogP contribution in [0.1, 0.15) is 25.7 Å². The predicted molar refractivity (Wildman–Crippen MR) is 78.9 cm³/mol. The van der Waals surface area contributed by atoms with E-state index in [1.807, 2.05) is 17.8 Å². The normalized spacial score (nSPS) is 11.0. The molecule has 0 radical (unpaired) electrons. The summed E-state index contributed by atoms with van der Waals surface area (Å²) in [6.07, 6.45) is 7.04. The van der Waals surface area contributed by atoms with Crippen molar-refractivity contribution in [2.45, 2.75) is 25.7 Å². The fraction of sp³-hybridized carbons (Fsp3) is 0.583. The molecule has 2 aromatic heterocycles. The lowest BCUT2D eigenvalue weighted by Gasteiger charge is -2.05. The van der Waals surface area contributed by atoms with Crippen LogP contribution in [-0.4, -0.2) is 38.4 Å². The van der Waals surface area contributed by atoms with Gasteiger partial charge in [-0.25, -0.2) is 9.89 Å². The van der Waals surface area contributed by atoms with Gasteiger partial charge in [0.15, 0.2) is 5.65 Å². The first kappa shape index (κ1) is 13.9. The molecule has 104 valence electrons. The summed E-state index contributed by atoms with van der Waals surface area (Å²) in [5.74, 6) is 1.95. The van der Waals surface area contributed by atoms with E-state index in [1.165, 1.54) is 29.5 Å². The zero-order valence-corrected chi connectivity index (χ0v) is 11.9. The van der Waals surface area contributed by atoms with E-state index in [0.29, 0.717) is 11.5 Å². The molecule has 0 aromatic carbocycles. The van der Waals surface area contributed by atoms with Crippen LogP contribution in [0.4, 0.5) is 5.82 Å². The Balaban J connectivity index is 1.75. The molecular weight excluding hydrogens is 262 g/mol. The first-order valence-electron chi connectivity index (χ1n) is 6.48. The van der Waals surface area contributed by atoms with Gasteiger partial charge in [0, 0.05) is 6.54 Å². The van der Waals surface area contributed by atoms with E-state index < -0.39 is 0 Å². The number of unbranched alkanes of at least 4 members (excludes halogenated alkanes) is 3. The van der Waals surface area contributed by atoms with Crippen LogP contribution < -0.4 is 11.0 Å². The van der Waals surface area contributed by atoms with Gasteiger partial charge in [0.1, 0.15) is 5.82 Å². The van der Waals surface area contributed by atoms with Gasteiger partial charge in [-0.1, -0.05) is 12.8 Å². The molecule has 0 bridgehead atoms. The largest absolute Gasteiger partial charge is 0.369 e. The van der Waals surface area contributed by atoms with Crippen LogP contribution in [0.5, 0.6) is 0 Å². The zero-order valence-electron chi connectivity index (χ0n) is 11.1. The molecule has 0 aliphatic heterocycles. The minimum absolute atomic E-state index is 0.310. The molecule has 19 heavy (non-hydrogen) atoms. The monoisotopic (exact) mass is 281 g/mol. The number of H-pyrrole nitrogens is 1. The smallest absolute Gasteiger partial charge is 0.364 e. The highest BCUT2D eigenvalue weighted by Crippen LogP contribution is 2.06. The number of nitrogens with zero attached hydrogens (tertiary/aromatic N) is 3. The first-order chi connectivity index (χ1) is 9.31. The van der Waals surface area contributed by atoms with Gasteiger partial charge in [-0.05, 0) is 37.0 Å². The average Bonchev–Trinajstić information content (AvgIpc) is 2.79. The zero-order chi connectivity index (χ0) is 13.5. The molecule has 0 aliphatic carbocycles. The highest BCUT2D eigenvalue weighted by atomic mass is 32.2. The Morgan fingerprint density at radius 1 is 1.32 bits per heavy atom. The molecule has 0 atom stereocenters. The summed E-state index contributed by atoms with van der Waals surface area (Å²) in [6.45, 7) is 0.879. The molecule has 2 N–H and O–H groups in total. The van der Waals surface area contributed by atoms with Gasteiger partial charge >= 0.3 is 5.69 Å². The van der Waals surface area contributed by atoms with Gasteiger partial charge in [-0.15, -0.1) is 5.10 Å². The van der Waals surface area contributed by atoms with Crippen molar-refractivity contribution in [2.75, 3.05) is 23.9 Å². The molecule has 6 nitrogen and oxygen atoms in total. The van der Waals surface area contributed by atoms with E-state index in [4.69, 9.17) is 0 Å². The standard InChI is InChI=1S/C12H19N5OS/c1-19-9-5-3-2-4-8-13-10-6-7-11-14-15-12(18)17(11)16-10/h6-7H,2-5,8-9H2,1H3,(H,13,16)(H,15,18). The van der Waals surface area contributed by atoms with Crippen molar-refractivity contribution in [3.05, 3.63) is 22.6 Å². The molecule has 0 fully saturated rings. The summed E-state index contributed by atoms with van der Waals surface area (Å²) in [7, 11) is 0. The molecule has 7 heteroatoms. The second-order valence-electron chi connectivity index (χ2n) is 4.35. The number of aromatic nitrogens is 4. The van der Waals surface area contributed by atoms with Gasteiger partial charge in [-0.3, -0.25) is 0 Å². The van der Waals surface area contributed by atoms with E-state index in [0.717, 1.165) is 13.0 Å². The number of anilines is 1. The minimum Gasteiger partial charge on any atom is -0.369 e. The molecule has 0 amide bonds. The fourth-order valence-electron chi connectivity index (χ4n) is 1.84. The number of hydrogen-bond acceptors (Lipinski definition) is 5. The van der Waals surface area contributed by atoms with Crippen LogP contribution in [0.3, 0.4) is 0 Å².